The Kier molecular flexibility index (Phi) is 2.72. The molecule has 1 saturated carbocycles. The van der Waals surface area contributed by atoms with Crippen LogP contribution in [0, 0.1) is 0 Å². The summed E-state index contributed by atoms with van der Waals surface area (Å²) >= 11 is 0. The zero-order valence-corrected chi connectivity index (χ0v) is 7.40. The molecule has 0 bridgehead atoms. The van der Waals surface area contributed by atoms with E-state index in [-0.39, 0.29) is 0 Å². The molecule has 64 valence electrons. The van der Waals surface area contributed by atoms with E-state index in [0.717, 1.165) is 24.8 Å². The first-order valence-electron chi connectivity index (χ1n) is 4.49. The van der Waals surface area contributed by atoms with Gasteiger partial charge < -0.3 is 5.11 Å². The third-order valence-electron chi connectivity index (χ3n) is 2.42. The van der Waals surface area contributed by atoms with Gasteiger partial charge in [0.05, 0.1) is 5.60 Å². The van der Waals surface area contributed by atoms with E-state index < -0.39 is 5.60 Å². The first-order chi connectivity index (χ1) is 5.12. The molecule has 1 nitrogen and oxygen atoms in total. The summed E-state index contributed by atoms with van der Waals surface area (Å²) in [6.07, 6.45) is 6.40. The summed E-state index contributed by atoms with van der Waals surface area (Å²) in [5, 5.41) is 9.98. The average molecular weight is 154 g/mol. The summed E-state index contributed by atoms with van der Waals surface area (Å²) in [5.74, 6) is 0. The highest BCUT2D eigenvalue weighted by molar-refractivity contribution is 4.98. The van der Waals surface area contributed by atoms with Gasteiger partial charge in [-0.15, -0.1) is 6.58 Å². The Hall–Kier alpha value is -0.300. The molecule has 0 unspecified atom stereocenters. The van der Waals surface area contributed by atoms with E-state index in [1.54, 1.807) is 0 Å². The van der Waals surface area contributed by atoms with Crippen molar-refractivity contribution in [3.63, 3.8) is 0 Å². The third kappa shape index (κ3) is 2.66. The highest BCUT2D eigenvalue weighted by atomic mass is 16.3. The summed E-state index contributed by atoms with van der Waals surface area (Å²) in [5.41, 5.74) is 0.707. The molecule has 0 aromatic rings. The van der Waals surface area contributed by atoms with Crippen molar-refractivity contribution in [1.82, 2.24) is 0 Å². The molecule has 0 spiro atoms. The molecular weight excluding hydrogens is 136 g/mol. The Balaban J connectivity index is 2.43. The molecule has 0 atom stereocenters. The van der Waals surface area contributed by atoms with Crippen LogP contribution in [-0.4, -0.2) is 10.7 Å². The highest BCUT2D eigenvalue weighted by Crippen LogP contribution is 2.32. The maximum Gasteiger partial charge on any atom is 0.0684 e. The van der Waals surface area contributed by atoms with E-state index in [1.807, 2.05) is 6.92 Å². The van der Waals surface area contributed by atoms with Crippen LogP contribution in [0.5, 0.6) is 0 Å². The lowest BCUT2D eigenvalue weighted by Gasteiger charge is -2.32. The summed E-state index contributed by atoms with van der Waals surface area (Å²) in [6.45, 7) is 5.83. The minimum atomic E-state index is -0.399. The molecular formula is C10H18O. The molecule has 1 N–H and O–H groups in total. The van der Waals surface area contributed by atoms with Gasteiger partial charge in [-0.3, -0.25) is 0 Å². The van der Waals surface area contributed by atoms with E-state index in [2.05, 4.69) is 6.58 Å². The lowest BCUT2D eigenvalue weighted by Crippen LogP contribution is -2.31. The summed E-state index contributed by atoms with van der Waals surface area (Å²) < 4.78 is 0. The van der Waals surface area contributed by atoms with Crippen LogP contribution in [0.1, 0.15) is 45.4 Å². The Morgan fingerprint density at radius 1 is 1.36 bits per heavy atom. The van der Waals surface area contributed by atoms with Gasteiger partial charge in [0.15, 0.2) is 0 Å². The Bertz CT molecular complexity index is 143. The number of hydrogen-bond donors (Lipinski definition) is 1. The van der Waals surface area contributed by atoms with Gasteiger partial charge in [-0.05, 0) is 26.2 Å². The van der Waals surface area contributed by atoms with Gasteiger partial charge in [0.2, 0.25) is 0 Å². The molecule has 0 saturated heterocycles. The fourth-order valence-corrected chi connectivity index (χ4v) is 1.95. The monoisotopic (exact) mass is 154 g/mol. The van der Waals surface area contributed by atoms with Crippen molar-refractivity contribution in [2.24, 2.45) is 0 Å². The van der Waals surface area contributed by atoms with Crippen LogP contribution in [0.3, 0.4) is 0 Å². The molecule has 0 aliphatic heterocycles. The smallest absolute Gasteiger partial charge is 0.0684 e. The topological polar surface area (TPSA) is 20.2 Å². The number of rotatable bonds is 2. The zero-order chi connectivity index (χ0) is 8.32. The second-order valence-corrected chi connectivity index (χ2v) is 3.92. The lowest BCUT2D eigenvalue weighted by molar-refractivity contribution is 0.00468. The van der Waals surface area contributed by atoms with E-state index in [9.17, 15) is 5.11 Å². The van der Waals surface area contributed by atoms with Gasteiger partial charge >= 0.3 is 0 Å². The van der Waals surface area contributed by atoms with Crippen molar-refractivity contribution in [1.29, 1.82) is 0 Å². The molecule has 0 radical (unpaired) electrons. The minimum absolute atomic E-state index is 0.399. The Morgan fingerprint density at radius 3 is 2.36 bits per heavy atom. The van der Waals surface area contributed by atoms with Crippen LogP contribution >= 0.6 is 0 Å². The van der Waals surface area contributed by atoms with Crippen LogP contribution < -0.4 is 0 Å². The van der Waals surface area contributed by atoms with Gasteiger partial charge in [-0.1, -0.05) is 24.8 Å². The first kappa shape index (κ1) is 8.79. The SMILES string of the molecule is C=C(C)CC1(O)CCCCC1. The number of aliphatic hydroxyl groups is 1. The van der Waals surface area contributed by atoms with Gasteiger partial charge in [-0.2, -0.15) is 0 Å². The van der Waals surface area contributed by atoms with E-state index in [0.29, 0.717) is 0 Å². The quantitative estimate of drug-likeness (QED) is 0.606. The molecule has 11 heavy (non-hydrogen) atoms. The molecule has 0 heterocycles. The second-order valence-electron chi connectivity index (χ2n) is 3.92. The van der Waals surface area contributed by atoms with Gasteiger partial charge in [-0.25, -0.2) is 0 Å². The van der Waals surface area contributed by atoms with Crippen LogP contribution in [-0.2, 0) is 0 Å². The van der Waals surface area contributed by atoms with Crippen molar-refractivity contribution in [3.05, 3.63) is 12.2 Å². The van der Waals surface area contributed by atoms with Crippen molar-refractivity contribution < 1.29 is 5.11 Å². The molecule has 1 fully saturated rings. The van der Waals surface area contributed by atoms with Gasteiger partial charge in [0.25, 0.3) is 0 Å². The number of hydrogen-bond acceptors (Lipinski definition) is 1. The maximum absolute atomic E-state index is 9.98. The maximum atomic E-state index is 9.98. The molecule has 0 amide bonds. The summed E-state index contributed by atoms with van der Waals surface area (Å²) in [6, 6.07) is 0. The fourth-order valence-electron chi connectivity index (χ4n) is 1.95. The van der Waals surface area contributed by atoms with Crippen LogP contribution in [0.2, 0.25) is 0 Å². The normalized spacial score (nSPS) is 23.1. The fraction of sp³-hybridized carbons (Fsp3) is 0.800. The third-order valence-corrected chi connectivity index (χ3v) is 2.42. The van der Waals surface area contributed by atoms with E-state index in [4.69, 9.17) is 0 Å². The van der Waals surface area contributed by atoms with Crippen LogP contribution in [0.4, 0.5) is 0 Å². The molecule has 0 aromatic heterocycles. The Labute approximate surface area is 69.1 Å². The van der Waals surface area contributed by atoms with E-state index in [1.165, 1.54) is 19.3 Å². The molecule has 1 aliphatic carbocycles. The van der Waals surface area contributed by atoms with E-state index >= 15 is 0 Å². The highest BCUT2D eigenvalue weighted by Gasteiger charge is 2.28. The van der Waals surface area contributed by atoms with Crippen molar-refractivity contribution in [2.75, 3.05) is 0 Å². The lowest BCUT2D eigenvalue weighted by atomic mass is 9.81. The zero-order valence-electron chi connectivity index (χ0n) is 7.40. The van der Waals surface area contributed by atoms with Crippen molar-refractivity contribution in [2.45, 2.75) is 51.0 Å². The summed E-state index contributed by atoms with van der Waals surface area (Å²) in [7, 11) is 0. The van der Waals surface area contributed by atoms with Crippen LogP contribution in [0.25, 0.3) is 0 Å². The predicted octanol–water partition coefficient (Wildman–Crippen LogP) is 2.65. The minimum Gasteiger partial charge on any atom is -0.390 e. The second kappa shape index (κ2) is 3.40. The standard InChI is InChI=1S/C10H18O/c1-9(2)8-10(11)6-4-3-5-7-10/h11H,1,3-8H2,2H3. The van der Waals surface area contributed by atoms with Crippen molar-refractivity contribution >= 4 is 0 Å². The first-order valence-corrected chi connectivity index (χ1v) is 4.49. The molecule has 1 aliphatic rings. The van der Waals surface area contributed by atoms with Crippen LogP contribution in [0.15, 0.2) is 12.2 Å². The van der Waals surface area contributed by atoms with Gasteiger partial charge in [0.1, 0.15) is 0 Å². The molecule has 1 heteroatoms. The predicted molar refractivity (Wildman–Crippen MR) is 47.5 cm³/mol. The summed E-state index contributed by atoms with van der Waals surface area (Å²) in [4.78, 5) is 0. The molecule has 0 aromatic carbocycles. The largest absolute Gasteiger partial charge is 0.390 e. The van der Waals surface area contributed by atoms with Gasteiger partial charge in [0, 0.05) is 0 Å². The molecule has 1 rings (SSSR count). The Morgan fingerprint density at radius 2 is 1.91 bits per heavy atom. The average Bonchev–Trinajstić information content (AvgIpc) is 1.85. The van der Waals surface area contributed by atoms with Crippen molar-refractivity contribution in [3.8, 4) is 0 Å².